The standard InChI is InChI=1S/C20H22N6O.CH4O/c1-2-27-17-9-18(20-15(10-21)12-24-26(20)13-17)14-3-4-19(23-11-14)25-7-5-16(22)6-8-25;1-2/h3-4,9,11-13,16H,2,5-8,22H2,1H3;2H,1H3. The third-order valence-electron chi connectivity index (χ3n) is 4.94. The lowest BCUT2D eigenvalue weighted by Gasteiger charge is -2.31. The number of fused-ring (bicyclic) bond motifs is 1. The van der Waals surface area contributed by atoms with Crippen LogP contribution in [0.4, 0.5) is 5.82 Å². The SMILES string of the molecule is CCOc1cc(-c2ccc(N3CCC(N)CC3)nc2)c2c(C#N)cnn2c1.CO. The molecule has 1 aliphatic heterocycles. The number of piperidine rings is 1. The Bertz CT molecular complexity index is 985. The summed E-state index contributed by atoms with van der Waals surface area (Å²) in [5.41, 5.74) is 9.09. The number of aliphatic hydroxyl groups is 1. The summed E-state index contributed by atoms with van der Waals surface area (Å²) in [5.74, 6) is 1.67. The molecule has 4 heterocycles. The molecule has 0 amide bonds. The van der Waals surface area contributed by atoms with E-state index in [0.717, 1.165) is 55.5 Å². The molecule has 0 unspecified atom stereocenters. The molecule has 0 aliphatic carbocycles. The Morgan fingerprint density at radius 2 is 2.03 bits per heavy atom. The molecule has 152 valence electrons. The van der Waals surface area contributed by atoms with E-state index in [1.807, 2.05) is 31.3 Å². The summed E-state index contributed by atoms with van der Waals surface area (Å²) in [5, 5.41) is 20.7. The molecule has 0 spiro atoms. The number of rotatable bonds is 4. The summed E-state index contributed by atoms with van der Waals surface area (Å²) in [7, 11) is 1.00. The minimum absolute atomic E-state index is 0.293. The highest BCUT2D eigenvalue weighted by molar-refractivity contribution is 5.85. The number of nitrogens with two attached hydrogens (primary N) is 1. The van der Waals surface area contributed by atoms with Crippen molar-refractivity contribution in [1.29, 1.82) is 5.26 Å². The van der Waals surface area contributed by atoms with Crippen molar-refractivity contribution in [3.05, 3.63) is 42.4 Å². The number of ether oxygens (including phenoxy) is 1. The first-order chi connectivity index (χ1) is 14.2. The maximum absolute atomic E-state index is 9.44. The fraction of sp³-hybridized carbons (Fsp3) is 0.381. The van der Waals surface area contributed by atoms with Crippen molar-refractivity contribution in [3.8, 4) is 22.9 Å². The summed E-state index contributed by atoms with van der Waals surface area (Å²) in [4.78, 5) is 6.92. The van der Waals surface area contributed by atoms with Crippen LogP contribution < -0.4 is 15.4 Å². The van der Waals surface area contributed by atoms with Gasteiger partial charge in [-0.2, -0.15) is 10.4 Å². The molecule has 0 atom stereocenters. The first-order valence-electron chi connectivity index (χ1n) is 9.65. The first kappa shape index (κ1) is 20.6. The zero-order valence-corrected chi connectivity index (χ0v) is 16.7. The van der Waals surface area contributed by atoms with Crippen LogP contribution in [0.5, 0.6) is 5.75 Å². The predicted octanol–water partition coefficient (Wildman–Crippen LogP) is 2.20. The van der Waals surface area contributed by atoms with Crippen molar-refractivity contribution >= 4 is 11.3 Å². The Morgan fingerprint density at radius 3 is 2.66 bits per heavy atom. The van der Waals surface area contributed by atoms with Crippen LogP contribution in [-0.4, -0.2) is 52.6 Å². The number of pyridine rings is 2. The van der Waals surface area contributed by atoms with Gasteiger partial charge >= 0.3 is 0 Å². The zero-order valence-electron chi connectivity index (χ0n) is 16.7. The van der Waals surface area contributed by atoms with Gasteiger partial charge < -0.3 is 20.5 Å². The number of aromatic nitrogens is 3. The van der Waals surface area contributed by atoms with Crippen molar-refractivity contribution in [3.63, 3.8) is 0 Å². The Labute approximate surface area is 170 Å². The molecule has 3 N–H and O–H groups in total. The van der Waals surface area contributed by atoms with Crippen molar-refractivity contribution in [2.75, 3.05) is 31.7 Å². The van der Waals surface area contributed by atoms with E-state index in [1.165, 1.54) is 0 Å². The topological polar surface area (TPSA) is 113 Å². The van der Waals surface area contributed by atoms with E-state index in [2.05, 4.69) is 21.1 Å². The summed E-state index contributed by atoms with van der Waals surface area (Å²) in [6.45, 7) is 4.36. The predicted molar refractivity (Wildman–Crippen MR) is 112 cm³/mol. The minimum atomic E-state index is 0.293. The van der Waals surface area contributed by atoms with Gasteiger partial charge in [-0.3, -0.25) is 0 Å². The van der Waals surface area contributed by atoms with Gasteiger partial charge in [-0.15, -0.1) is 0 Å². The average molecular weight is 394 g/mol. The van der Waals surface area contributed by atoms with Crippen LogP contribution in [0.25, 0.3) is 16.6 Å². The molecule has 8 nitrogen and oxygen atoms in total. The minimum Gasteiger partial charge on any atom is -0.492 e. The molecule has 1 aliphatic rings. The fourth-order valence-corrected chi connectivity index (χ4v) is 3.51. The van der Waals surface area contributed by atoms with Crippen molar-refractivity contribution in [2.45, 2.75) is 25.8 Å². The highest BCUT2D eigenvalue weighted by Crippen LogP contribution is 2.31. The molecule has 0 aromatic carbocycles. The van der Waals surface area contributed by atoms with Crippen LogP contribution in [0.2, 0.25) is 0 Å². The summed E-state index contributed by atoms with van der Waals surface area (Å²) >= 11 is 0. The quantitative estimate of drug-likeness (QED) is 0.697. The van der Waals surface area contributed by atoms with Gasteiger partial charge in [0.2, 0.25) is 0 Å². The van der Waals surface area contributed by atoms with E-state index >= 15 is 0 Å². The molecule has 0 saturated carbocycles. The lowest BCUT2D eigenvalue weighted by molar-refractivity contribution is 0.338. The third kappa shape index (κ3) is 4.31. The van der Waals surface area contributed by atoms with Gasteiger partial charge in [0.05, 0.1) is 30.1 Å². The number of anilines is 1. The van der Waals surface area contributed by atoms with Gasteiger partial charge in [0, 0.05) is 43.6 Å². The maximum atomic E-state index is 9.44. The van der Waals surface area contributed by atoms with Gasteiger partial charge in [0.15, 0.2) is 0 Å². The van der Waals surface area contributed by atoms with E-state index in [0.29, 0.717) is 24.0 Å². The van der Waals surface area contributed by atoms with Gasteiger partial charge in [0.25, 0.3) is 0 Å². The van der Waals surface area contributed by atoms with E-state index in [4.69, 9.17) is 15.6 Å². The fourth-order valence-electron chi connectivity index (χ4n) is 3.51. The molecule has 29 heavy (non-hydrogen) atoms. The van der Waals surface area contributed by atoms with Gasteiger partial charge in [-0.25, -0.2) is 9.50 Å². The molecule has 0 bridgehead atoms. The van der Waals surface area contributed by atoms with Crippen LogP contribution in [0, 0.1) is 11.3 Å². The normalized spacial score (nSPS) is 14.2. The lowest BCUT2D eigenvalue weighted by atomic mass is 10.0. The molecule has 3 aromatic heterocycles. The largest absolute Gasteiger partial charge is 0.492 e. The number of nitrogens with zero attached hydrogens (tertiary/aromatic N) is 5. The van der Waals surface area contributed by atoms with Crippen LogP contribution in [0.1, 0.15) is 25.3 Å². The highest BCUT2D eigenvalue weighted by atomic mass is 16.5. The van der Waals surface area contributed by atoms with Gasteiger partial charge in [-0.1, -0.05) is 0 Å². The van der Waals surface area contributed by atoms with E-state index in [-0.39, 0.29) is 0 Å². The number of hydrogen-bond acceptors (Lipinski definition) is 7. The summed E-state index contributed by atoms with van der Waals surface area (Å²) in [6.07, 6.45) is 7.20. The third-order valence-corrected chi connectivity index (χ3v) is 4.94. The number of hydrogen-bond donors (Lipinski definition) is 2. The summed E-state index contributed by atoms with van der Waals surface area (Å²) < 4.78 is 7.36. The molecule has 1 saturated heterocycles. The van der Waals surface area contributed by atoms with Crippen molar-refractivity contribution < 1.29 is 9.84 Å². The molecule has 3 aromatic rings. The van der Waals surface area contributed by atoms with E-state index < -0.39 is 0 Å². The Morgan fingerprint density at radius 1 is 1.28 bits per heavy atom. The highest BCUT2D eigenvalue weighted by Gasteiger charge is 2.18. The monoisotopic (exact) mass is 394 g/mol. The zero-order chi connectivity index (χ0) is 20.8. The van der Waals surface area contributed by atoms with E-state index in [1.54, 1.807) is 16.9 Å². The Kier molecular flexibility index (Phi) is 6.65. The molecule has 8 heteroatoms. The molecule has 1 fully saturated rings. The van der Waals surface area contributed by atoms with E-state index in [9.17, 15) is 5.26 Å². The van der Waals surface area contributed by atoms with Gasteiger partial charge in [0.1, 0.15) is 17.6 Å². The maximum Gasteiger partial charge on any atom is 0.138 e. The van der Waals surface area contributed by atoms with Crippen LogP contribution in [0.3, 0.4) is 0 Å². The smallest absolute Gasteiger partial charge is 0.138 e. The second-order valence-corrected chi connectivity index (χ2v) is 6.72. The Hall–Kier alpha value is -3.15. The second kappa shape index (κ2) is 9.37. The molecule has 0 radical (unpaired) electrons. The number of aliphatic hydroxyl groups excluding tert-OH is 1. The van der Waals surface area contributed by atoms with Crippen LogP contribution in [-0.2, 0) is 0 Å². The second-order valence-electron chi connectivity index (χ2n) is 6.72. The lowest BCUT2D eigenvalue weighted by Crippen LogP contribution is -2.40. The number of nitriles is 1. The molecular weight excluding hydrogens is 368 g/mol. The first-order valence-corrected chi connectivity index (χ1v) is 9.65. The molecule has 4 rings (SSSR count). The Balaban J connectivity index is 0.00000117. The van der Waals surface area contributed by atoms with Gasteiger partial charge in [-0.05, 0) is 38.0 Å². The molecular formula is C21H26N6O2. The van der Waals surface area contributed by atoms with Crippen molar-refractivity contribution in [1.82, 2.24) is 14.6 Å². The van der Waals surface area contributed by atoms with Crippen LogP contribution in [0.15, 0.2) is 36.8 Å². The van der Waals surface area contributed by atoms with Crippen LogP contribution >= 0.6 is 0 Å². The summed E-state index contributed by atoms with van der Waals surface area (Å²) in [6, 6.07) is 8.51. The average Bonchev–Trinajstić information content (AvgIpc) is 3.19. The van der Waals surface area contributed by atoms with Crippen molar-refractivity contribution in [2.24, 2.45) is 5.73 Å².